The smallest absolute Gasteiger partial charge is 0.329 e. The molecule has 0 radical (unpaired) electrons. The van der Waals surface area contributed by atoms with Gasteiger partial charge in [0.25, 0.3) is 5.91 Å². The molecule has 7 N–H and O–H groups in total. The topological polar surface area (TPSA) is 243 Å². The number of benzene rings is 1. The Morgan fingerprint density at radius 3 is 2.19 bits per heavy atom. The predicted octanol–water partition coefficient (Wildman–Crippen LogP) is 0.804. The van der Waals surface area contributed by atoms with Gasteiger partial charge in [-0.3, -0.25) is 33.6 Å². The lowest BCUT2D eigenvalue weighted by Gasteiger charge is -2.35. The molecule has 0 bridgehead atoms. The SMILES string of the molecule is CCCCC(NC(=O)CNC(=O)C(=O)C(CCC)NC(=O)[C@@H]1C[C@@H](OCC(=O)O)CN1C(=O)C(NC(=O)Cc1ccc(C)cc1)C1CCCCC1)C(N)=O. The first kappa shape index (κ1) is 43.5. The Balaban J connectivity index is 1.77. The number of aliphatic carboxylic acids is 1. The van der Waals surface area contributed by atoms with Crippen molar-refractivity contribution in [1.82, 2.24) is 26.2 Å². The Hall–Kier alpha value is -4.86. The van der Waals surface area contributed by atoms with E-state index in [4.69, 9.17) is 10.5 Å². The van der Waals surface area contributed by atoms with Crippen LogP contribution in [-0.2, 0) is 49.5 Å². The molecule has 298 valence electrons. The van der Waals surface area contributed by atoms with Crippen molar-refractivity contribution in [2.24, 2.45) is 11.7 Å². The fraction of sp³-hybridized carbons (Fsp3) is 0.632. The van der Waals surface area contributed by atoms with E-state index in [0.717, 1.165) is 36.8 Å². The summed E-state index contributed by atoms with van der Waals surface area (Å²) in [5, 5.41) is 19.4. The minimum Gasteiger partial charge on any atom is -0.480 e. The zero-order valence-electron chi connectivity index (χ0n) is 31.5. The van der Waals surface area contributed by atoms with Crippen molar-refractivity contribution in [3.63, 3.8) is 0 Å². The Bertz CT molecular complexity index is 1500. The Morgan fingerprint density at radius 1 is 0.889 bits per heavy atom. The maximum atomic E-state index is 14.4. The van der Waals surface area contributed by atoms with Gasteiger partial charge < -0.3 is 41.7 Å². The van der Waals surface area contributed by atoms with Crippen LogP contribution in [0.1, 0.15) is 95.6 Å². The molecule has 3 rings (SSSR count). The number of aryl methyl sites for hydroxylation is 1. The number of rotatable bonds is 21. The number of carboxylic acids is 1. The molecule has 1 heterocycles. The number of nitrogens with zero attached hydrogens (tertiary/aromatic N) is 1. The first-order chi connectivity index (χ1) is 25.7. The summed E-state index contributed by atoms with van der Waals surface area (Å²) in [5.41, 5.74) is 7.17. The third-order valence-electron chi connectivity index (χ3n) is 9.85. The largest absolute Gasteiger partial charge is 0.480 e. The summed E-state index contributed by atoms with van der Waals surface area (Å²) in [5.74, 6) is -6.67. The minimum atomic E-state index is -1.31. The molecule has 1 aliphatic carbocycles. The molecule has 0 spiro atoms. The highest BCUT2D eigenvalue weighted by Crippen LogP contribution is 2.30. The van der Waals surface area contributed by atoms with Crippen LogP contribution in [0.3, 0.4) is 0 Å². The number of nitrogens with one attached hydrogen (secondary N) is 4. The van der Waals surface area contributed by atoms with Gasteiger partial charge in [-0.05, 0) is 44.1 Å². The van der Waals surface area contributed by atoms with E-state index in [1.54, 1.807) is 6.92 Å². The molecule has 2 fully saturated rings. The van der Waals surface area contributed by atoms with Crippen LogP contribution in [0.25, 0.3) is 0 Å². The van der Waals surface area contributed by atoms with Crippen LogP contribution in [-0.4, -0.2) is 107 Å². The van der Waals surface area contributed by atoms with E-state index in [2.05, 4.69) is 21.3 Å². The van der Waals surface area contributed by atoms with E-state index in [1.807, 2.05) is 38.1 Å². The number of carboxylic acid groups (broad SMARTS) is 1. The Kier molecular flexibility index (Phi) is 17.5. The molecule has 16 heteroatoms. The van der Waals surface area contributed by atoms with Crippen LogP contribution in [0.15, 0.2) is 24.3 Å². The molecular formula is C38H56N6O10. The van der Waals surface area contributed by atoms with Crippen LogP contribution in [0.2, 0.25) is 0 Å². The van der Waals surface area contributed by atoms with Crippen LogP contribution >= 0.6 is 0 Å². The summed E-state index contributed by atoms with van der Waals surface area (Å²) >= 11 is 0. The van der Waals surface area contributed by atoms with Gasteiger partial charge in [0.2, 0.25) is 35.3 Å². The number of hydrogen-bond donors (Lipinski definition) is 6. The highest BCUT2D eigenvalue weighted by Gasteiger charge is 2.45. The summed E-state index contributed by atoms with van der Waals surface area (Å²) in [4.78, 5) is 105. The molecule has 1 saturated carbocycles. The normalized spacial score (nSPS) is 18.8. The minimum absolute atomic E-state index is 0.0418. The molecule has 2 aliphatic rings. The number of amides is 6. The van der Waals surface area contributed by atoms with E-state index in [-0.39, 0.29) is 37.6 Å². The van der Waals surface area contributed by atoms with Gasteiger partial charge in [0.1, 0.15) is 24.7 Å². The van der Waals surface area contributed by atoms with Crippen molar-refractivity contribution < 1.29 is 48.2 Å². The van der Waals surface area contributed by atoms with Gasteiger partial charge in [0, 0.05) is 13.0 Å². The highest BCUT2D eigenvalue weighted by molar-refractivity contribution is 6.38. The second-order valence-electron chi connectivity index (χ2n) is 14.2. The first-order valence-electron chi connectivity index (χ1n) is 18.9. The molecule has 0 aromatic heterocycles. The number of carbonyl (C=O) groups is 8. The second kappa shape index (κ2) is 21.7. The Labute approximate surface area is 316 Å². The van der Waals surface area contributed by atoms with Gasteiger partial charge in [0.05, 0.1) is 25.1 Å². The maximum Gasteiger partial charge on any atom is 0.329 e. The first-order valence-corrected chi connectivity index (χ1v) is 18.9. The second-order valence-corrected chi connectivity index (χ2v) is 14.2. The van der Waals surface area contributed by atoms with Gasteiger partial charge in [-0.25, -0.2) is 4.79 Å². The highest BCUT2D eigenvalue weighted by atomic mass is 16.5. The molecule has 5 atom stereocenters. The lowest BCUT2D eigenvalue weighted by atomic mass is 9.83. The average Bonchev–Trinajstić information content (AvgIpc) is 3.58. The lowest BCUT2D eigenvalue weighted by molar-refractivity contribution is -0.145. The molecular weight excluding hydrogens is 700 g/mol. The number of Topliss-reactive ketones (excluding diaryl/α,β-unsaturated/α-hetero) is 1. The number of unbranched alkanes of at least 4 members (excludes halogenated alkanes) is 1. The van der Waals surface area contributed by atoms with Gasteiger partial charge in [-0.1, -0.05) is 82.2 Å². The van der Waals surface area contributed by atoms with Crippen molar-refractivity contribution in [1.29, 1.82) is 0 Å². The van der Waals surface area contributed by atoms with Crippen molar-refractivity contribution >= 4 is 47.2 Å². The van der Waals surface area contributed by atoms with Gasteiger partial charge in [-0.15, -0.1) is 0 Å². The lowest BCUT2D eigenvalue weighted by Crippen LogP contribution is -2.58. The van der Waals surface area contributed by atoms with Crippen molar-refractivity contribution in [3.8, 4) is 0 Å². The molecule has 16 nitrogen and oxygen atoms in total. The fourth-order valence-electron chi connectivity index (χ4n) is 6.91. The Morgan fingerprint density at radius 2 is 1.57 bits per heavy atom. The summed E-state index contributed by atoms with van der Waals surface area (Å²) in [6, 6.07) is 3.06. The molecule has 54 heavy (non-hydrogen) atoms. The third kappa shape index (κ3) is 13.5. The standard InChI is InChI=1S/C38H56N6O10/c1-4-6-13-28(35(39)50)41-31(46)20-40-37(52)34(49)27(10-5-2)42-36(51)29-19-26(54-22-32(47)48)21-44(29)38(53)33(25-11-8-7-9-12-25)43-30(45)18-24-16-14-23(3)15-17-24/h14-17,25-29,33H,4-13,18-22H2,1-3H3,(H2,39,50)(H,40,52)(H,41,46)(H,42,51)(H,43,45)(H,47,48)/t26-,27?,28?,29+,33?/m1/s1. The summed E-state index contributed by atoms with van der Waals surface area (Å²) in [7, 11) is 0. The maximum absolute atomic E-state index is 14.4. The fourth-order valence-corrected chi connectivity index (χ4v) is 6.91. The molecule has 6 amide bonds. The summed E-state index contributed by atoms with van der Waals surface area (Å²) in [6.07, 6.45) is 5.39. The molecule has 3 unspecified atom stereocenters. The number of carbonyl (C=O) groups excluding carboxylic acids is 7. The number of nitrogens with two attached hydrogens (primary N) is 1. The van der Waals surface area contributed by atoms with E-state index in [9.17, 15) is 43.5 Å². The van der Waals surface area contributed by atoms with Crippen LogP contribution in [0.4, 0.5) is 0 Å². The van der Waals surface area contributed by atoms with Crippen LogP contribution in [0, 0.1) is 12.8 Å². The number of hydrogen-bond acceptors (Lipinski definition) is 9. The predicted molar refractivity (Wildman–Crippen MR) is 196 cm³/mol. The molecule has 1 aromatic rings. The monoisotopic (exact) mass is 756 g/mol. The van der Waals surface area contributed by atoms with E-state index in [1.165, 1.54) is 4.90 Å². The van der Waals surface area contributed by atoms with Crippen LogP contribution < -0.4 is 27.0 Å². The van der Waals surface area contributed by atoms with Crippen molar-refractivity contribution in [3.05, 3.63) is 35.4 Å². The number of primary amides is 1. The molecule has 1 aromatic carbocycles. The van der Waals surface area contributed by atoms with Gasteiger partial charge in [-0.2, -0.15) is 0 Å². The van der Waals surface area contributed by atoms with Gasteiger partial charge >= 0.3 is 5.97 Å². The average molecular weight is 757 g/mol. The zero-order chi connectivity index (χ0) is 39.8. The molecule has 1 aliphatic heterocycles. The number of ketones is 1. The van der Waals surface area contributed by atoms with E-state index >= 15 is 0 Å². The van der Waals surface area contributed by atoms with Crippen molar-refractivity contribution in [2.45, 2.75) is 128 Å². The number of ether oxygens (including phenoxy) is 1. The van der Waals surface area contributed by atoms with E-state index in [0.29, 0.717) is 32.1 Å². The molecule has 1 saturated heterocycles. The van der Waals surface area contributed by atoms with Crippen LogP contribution in [0.5, 0.6) is 0 Å². The third-order valence-corrected chi connectivity index (χ3v) is 9.85. The zero-order valence-corrected chi connectivity index (χ0v) is 31.5. The van der Waals surface area contributed by atoms with E-state index < -0.39 is 84.7 Å². The quantitative estimate of drug-likeness (QED) is 0.0964. The van der Waals surface area contributed by atoms with Gasteiger partial charge in [0.15, 0.2) is 0 Å². The summed E-state index contributed by atoms with van der Waals surface area (Å²) in [6.45, 7) is 4.18. The van der Waals surface area contributed by atoms with Crippen molar-refractivity contribution in [2.75, 3.05) is 19.7 Å². The number of likely N-dealkylation sites (tertiary alicyclic amines) is 1. The summed E-state index contributed by atoms with van der Waals surface area (Å²) < 4.78 is 5.52.